The van der Waals surface area contributed by atoms with Crippen molar-refractivity contribution in [1.29, 1.82) is 0 Å². The van der Waals surface area contributed by atoms with Crippen molar-refractivity contribution in [3.05, 3.63) is 77.2 Å². The Hall–Kier alpha value is -2.79. The quantitative estimate of drug-likeness (QED) is 0.814. The standard InChI is InChI=1S/C23H24FNO3/c1-14(26)20-19(25-16-9-5-4-6-10-16)13-23(3,28)22(15(2)27)21(20)17-11-7-8-12-18(17)24/h4-12,21-22,25,28H,13H2,1-3H3/t21-,22+,23-/m1/s1. The van der Waals surface area contributed by atoms with Crippen LogP contribution in [0.1, 0.15) is 38.7 Å². The molecular formula is C23H24FNO3. The number of allylic oxidation sites excluding steroid dienone is 1. The van der Waals surface area contributed by atoms with E-state index >= 15 is 0 Å². The van der Waals surface area contributed by atoms with Gasteiger partial charge in [-0.3, -0.25) is 9.59 Å². The van der Waals surface area contributed by atoms with Gasteiger partial charge in [0.1, 0.15) is 11.6 Å². The number of hydrogen-bond acceptors (Lipinski definition) is 4. The minimum atomic E-state index is -1.44. The SMILES string of the molecule is CC(=O)C1=C(Nc2ccccc2)C[C@@](C)(O)[C@@H](C(C)=O)[C@@H]1c1ccccc1F. The minimum absolute atomic E-state index is 0.0893. The maximum absolute atomic E-state index is 14.7. The van der Waals surface area contributed by atoms with Crippen molar-refractivity contribution in [2.24, 2.45) is 5.92 Å². The van der Waals surface area contributed by atoms with Crippen molar-refractivity contribution in [3.63, 3.8) is 0 Å². The number of carbonyl (C=O) groups is 2. The van der Waals surface area contributed by atoms with E-state index in [0.717, 1.165) is 5.69 Å². The molecule has 4 nitrogen and oxygen atoms in total. The summed E-state index contributed by atoms with van der Waals surface area (Å²) in [4.78, 5) is 25.2. The van der Waals surface area contributed by atoms with Crippen LogP contribution in [0, 0.1) is 11.7 Å². The molecule has 5 heteroatoms. The molecule has 2 N–H and O–H groups in total. The average Bonchev–Trinajstić information content (AvgIpc) is 2.61. The first-order valence-electron chi connectivity index (χ1n) is 9.25. The highest BCUT2D eigenvalue weighted by Gasteiger charge is 2.49. The van der Waals surface area contributed by atoms with Crippen LogP contribution >= 0.6 is 0 Å². The first kappa shape index (κ1) is 20.0. The van der Waals surface area contributed by atoms with Gasteiger partial charge in [0.05, 0.1) is 11.5 Å². The van der Waals surface area contributed by atoms with Crippen LogP contribution in [0.4, 0.5) is 10.1 Å². The van der Waals surface area contributed by atoms with Crippen molar-refractivity contribution in [2.45, 2.75) is 38.7 Å². The van der Waals surface area contributed by atoms with Crippen LogP contribution in [0.15, 0.2) is 65.9 Å². The third-order valence-electron chi connectivity index (χ3n) is 5.30. The van der Waals surface area contributed by atoms with E-state index in [1.165, 1.54) is 19.9 Å². The summed E-state index contributed by atoms with van der Waals surface area (Å²) < 4.78 is 14.7. The third-order valence-corrected chi connectivity index (χ3v) is 5.30. The highest BCUT2D eigenvalue weighted by Crippen LogP contribution is 2.48. The zero-order valence-electron chi connectivity index (χ0n) is 16.2. The van der Waals surface area contributed by atoms with E-state index in [0.29, 0.717) is 11.3 Å². The second-order valence-corrected chi connectivity index (χ2v) is 7.56. The molecule has 28 heavy (non-hydrogen) atoms. The largest absolute Gasteiger partial charge is 0.389 e. The number of ketones is 2. The summed E-state index contributed by atoms with van der Waals surface area (Å²) in [7, 11) is 0. The van der Waals surface area contributed by atoms with E-state index in [2.05, 4.69) is 5.32 Å². The van der Waals surface area contributed by atoms with Crippen LogP contribution < -0.4 is 5.32 Å². The molecular weight excluding hydrogens is 357 g/mol. The zero-order valence-corrected chi connectivity index (χ0v) is 16.2. The number of nitrogens with one attached hydrogen (secondary N) is 1. The van der Waals surface area contributed by atoms with Crippen LogP contribution in [0.5, 0.6) is 0 Å². The van der Waals surface area contributed by atoms with Crippen molar-refractivity contribution in [1.82, 2.24) is 0 Å². The fourth-order valence-corrected chi connectivity index (χ4v) is 4.25. The van der Waals surface area contributed by atoms with Gasteiger partial charge >= 0.3 is 0 Å². The monoisotopic (exact) mass is 381 g/mol. The van der Waals surface area contributed by atoms with Gasteiger partial charge in [-0.05, 0) is 44.5 Å². The first-order valence-corrected chi connectivity index (χ1v) is 9.25. The zero-order chi connectivity index (χ0) is 20.5. The lowest BCUT2D eigenvalue weighted by atomic mass is 9.63. The molecule has 0 heterocycles. The van der Waals surface area contributed by atoms with Crippen molar-refractivity contribution in [3.8, 4) is 0 Å². The topological polar surface area (TPSA) is 66.4 Å². The molecule has 0 amide bonds. The van der Waals surface area contributed by atoms with Gasteiger partial charge in [0.25, 0.3) is 0 Å². The predicted octanol–water partition coefficient (Wildman–Crippen LogP) is 4.22. The molecule has 2 aromatic carbocycles. The number of benzene rings is 2. The lowest BCUT2D eigenvalue weighted by Crippen LogP contribution is -2.48. The third kappa shape index (κ3) is 3.76. The van der Waals surface area contributed by atoms with E-state index in [4.69, 9.17) is 0 Å². The number of carbonyl (C=O) groups excluding carboxylic acids is 2. The van der Waals surface area contributed by atoms with E-state index in [1.54, 1.807) is 25.1 Å². The van der Waals surface area contributed by atoms with E-state index in [-0.39, 0.29) is 23.6 Å². The summed E-state index contributed by atoms with van der Waals surface area (Å²) in [6.07, 6.45) is 0.0893. The maximum atomic E-state index is 14.7. The summed E-state index contributed by atoms with van der Waals surface area (Å²) in [5.74, 6) is -2.84. The summed E-state index contributed by atoms with van der Waals surface area (Å²) in [6.45, 7) is 4.35. The van der Waals surface area contributed by atoms with Gasteiger partial charge in [0.2, 0.25) is 0 Å². The predicted molar refractivity (Wildman–Crippen MR) is 106 cm³/mol. The number of rotatable bonds is 5. The molecule has 0 saturated carbocycles. The van der Waals surface area contributed by atoms with Gasteiger partial charge in [0, 0.05) is 29.3 Å². The molecule has 0 radical (unpaired) electrons. The Bertz CT molecular complexity index is 934. The second kappa shape index (κ2) is 7.68. The van der Waals surface area contributed by atoms with Crippen molar-refractivity contribution in [2.75, 3.05) is 5.32 Å². The Morgan fingerprint density at radius 3 is 2.25 bits per heavy atom. The molecule has 0 aromatic heterocycles. The van der Waals surface area contributed by atoms with Crippen LogP contribution in [0.3, 0.4) is 0 Å². The molecule has 3 atom stereocenters. The normalized spacial score (nSPS) is 24.8. The van der Waals surface area contributed by atoms with Crippen LogP contribution in [-0.4, -0.2) is 22.3 Å². The van der Waals surface area contributed by atoms with E-state index in [1.807, 2.05) is 30.3 Å². The van der Waals surface area contributed by atoms with Gasteiger partial charge in [0.15, 0.2) is 5.78 Å². The number of Topliss-reactive ketones (excluding diaryl/α,β-unsaturated/α-hetero) is 2. The first-order chi connectivity index (χ1) is 13.2. The van der Waals surface area contributed by atoms with Gasteiger partial charge < -0.3 is 10.4 Å². The second-order valence-electron chi connectivity index (χ2n) is 7.56. The molecule has 0 fully saturated rings. The van der Waals surface area contributed by atoms with Gasteiger partial charge in [-0.1, -0.05) is 36.4 Å². The molecule has 0 aliphatic heterocycles. The minimum Gasteiger partial charge on any atom is -0.389 e. The number of anilines is 1. The van der Waals surface area contributed by atoms with Crippen LogP contribution in [0.2, 0.25) is 0 Å². The summed E-state index contributed by atoms with van der Waals surface area (Å²) in [5, 5.41) is 14.4. The summed E-state index contributed by atoms with van der Waals surface area (Å²) in [5.41, 5.74) is 0.394. The number of halogens is 1. The molecule has 1 aliphatic carbocycles. The number of aliphatic hydroxyl groups is 1. The highest BCUT2D eigenvalue weighted by molar-refractivity contribution is 5.98. The molecule has 0 spiro atoms. The molecule has 0 saturated heterocycles. The van der Waals surface area contributed by atoms with Gasteiger partial charge in [-0.15, -0.1) is 0 Å². The van der Waals surface area contributed by atoms with E-state index in [9.17, 15) is 19.1 Å². The number of hydrogen-bond donors (Lipinski definition) is 2. The van der Waals surface area contributed by atoms with Crippen molar-refractivity contribution < 1.29 is 19.1 Å². The Morgan fingerprint density at radius 2 is 1.68 bits per heavy atom. The Kier molecular flexibility index (Phi) is 5.47. The van der Waals surface area contributed by atoms with Crippen molar-refractivity contribution >= 4 is 17.3 Å². The van der Waals surface area contributed by atoms with E-state index < -0.39 is 23.3 Å². The molecule has 0 bridgehead atoms. The van der Waals surface area contributed by atoms with Gasteiger partial charge in [-0.2, -0.15) is 0 Å². The fourth-order valence-electron chi connectivity index (χ4n) is 4.25. The highest BCUT2D eigenvalue weighted by atomic mass is 19.1. The molecule has 146 valence electrons. The summed E-state index contributed by atoms with van der Waals surface area (Å²) in [6, 6.07) is 15.4. The maximum Gasteiger partial charge on any atom is 0.158 e. The average molecular weight is 381 g/mol. The fraction of sp³-hybridized carbons (Fsp3) is 0.304. The lowest BCUT2D eigenvalue weighted by Gasteiger charge is -2.43. The summed E-state index contributed by atoms with van der Waals surface area (Å²) >= 11 is 0. The Balaban J connectivity index is 2.24. The Morgan fingerprint density at radius 1 is 1.07 bits per heavy atom. The van der Waals surface area contributed by atoms with Crippen LogP contribution in [0.25, 0.3) is 0 Å². The molecule has 1 aliphatic rings. The van der Waals surface area contributed by atoms with Gasteiger partial charge in [-0.25, -0.2) is 4.39 Å². The molecule has 0 unspecified atom stereocenters. The molecule has 3 rings (SSSR count). The number of para-hydroxylation sites is 1. The van der Waals surface area contributed by atoms with Crippen LogP contribution in [-0.2, 0) is 9.59 Å². The molecule has 2 aromatic rings. The smallest absolute Gasteiger partial charge is 0.158 e. The lowest BCUT2D eigenvalue weighted by molar-refractivity contribution is -0.131. The Labute approximate surface area is 164 Å².